The third-order valence-corrected chi connectivity index (χ3v) is 8.48. The number of aryl methyl sites for hydroxylation is 2. The number of amidine groups is 1. The molecule has 2 atom stereocenters. The molecule has 0 radical (unpaired) electrons. The highest BCUT2D eigenvalue weighted by molar-refractivity contribution is 8.15. The van der Waals surface area contributed by atoms with Crippen molar-refractivity contribution < 1.29 is 13.2 Å². The summed E-state index contributed by atoms with van der Waals surface area (Å²) in [5.41, 5.74) is 4.81. The number of hydrogen-bond acceptors (Lipinski definition) is 6. The first-order chi connectivity index (χ1) is 14.3. The Morgan fingerprint density at radius 2 is 2.00 bits per heavy atom. The average molecular weight is 444 g/mol. The van der Waals surface area contributed by atoms with Gasteiger partial charge in [-0.25, -0.2) is 8.42 Å². The van der Waals surface area contributed by atoms with Crippen molar-refractivity contribution >= 4 is 38.4 Å². The lowest BCUT2D eigenvalue weighted by Gasteiger charge is -2.12. The maximum Gasteiger partial charge on any atom is 0.251 e. The van der Waals surface area contributed by atoms with Crippen molar-refractivity contribution in [2.24, 2.45) is 4.99 Å². The van der Waals surface area contributed by atoms with Crippen molar-refractivity contribution in [3.63, 3.8) is 0 Å². The van der Waals surface area contributed by atoms with Crippen LogP contribution in [0.2, 0.25) is 0 Å². The predicted octanol–water partition coefficient (Wildman–Crippen LogP) is 2.96. The summed E-state index contributed by atoms with van der Waals surface area (Å²) in [7, 11) is -2.97. The van der Waals surface area contributed by atoms with E-state index in [1.54, 1.807) is 0 Å². The molecule has 1 amide bonds. The maximum absolute atomic E-state index is 12.6. The van der Waals surface area contributed by atoms with E-state index >= 15 is 0 Å². The first-order valence-corrected chi connectivity index (χ1v) is 12.7. The molecule has 0 aliphatic carbocycles. The minimum Gasteiger partial charge on any atom is -0.352 e. The molecule has 2 heterocycles. The smallest absolute Gasteiger partial charge is 0.251 e. The number of nitrogens with one attached hydrogen (secondary N) is 2. The van der Waals surface area contributed by atoms with E-state index in [1.165, 1.54) is 22.9 Å². The van der Waals surface area contributed by atoms with E-state index in [4.69, 9.17) is 0 Å². The quantitative estimate of drug-likeness (QED) is 0.742. The number of thioether (sulfide) groups is 1. The van der Waals surface area contributed by atoms with Crippen LogP contribution in [0.25, 0.3) is 0 Å². The molecular weight excluding hydrogens is 418 g/mol. The first-order valence-electron chi connectivity index (χ1n) is 9.95. The lowest BCUT2D eigenvalue weighted by Crippen LogP contribution is -2.26. The summed E-state index contributed by atoms with van der Waals surface area (Å²) in [6, 6.07) is 13.6. The second-order valence-corrected chi connectivity index (χ2v) is 11.3. The molecule has 30 heavy (non-hydrogen) atoms. The summed E-state index contributed by atoms with van der Waals surface area (Å²) in [6.07, 6.45) is 0.781. The molecule has 0 spiro atoms. The molecule has 0 saturated carbocycles. The molecule has 2 aromatic carbocycles. The van der Waals surface area contributed by atoms with Gasteiger partial charge in [0.2, 0.25) is 0 Å². The zero-order chi connectivity index (χ0) is 21.3. The Morgan fingerprint density at radius 1 is 1.17 bits per heavy atom. The summed E-state index contributed by atoms with van der Waals surface area (Å²) in [5, 5.41) is 6.98. The highest BCUT2D eigenvalue weighted by atomic mass is 32.2. The summed E-state index contributed by atoms with van der Waals surface area (Å²) in [4.78, 5) is 17.1. The summed E-state index contributed by atoms with van der Waals surface area (Å²) < 4.78 is 23.5. The summed E-state index contributed by atoms with van der Waals surface area (Å²) >= 11 is 1.47. The fraction of sp³-hybridized carbons (Fsp3) is 0.364. The number of carbonyl (C=O) groups excluding carboxylic acids is 1. The van der Waals surface area contributed by atoms with Crippen LogP contribution in [0.5, 0.6) is 0 Å². The van der Waals surface area contributed by atoms with Gasteiger partial charge in [-0.05, 0) is 43.5 Å². The molecule has 2 aromatic rings. The Labute approximate surface area is 181 Å². The number of anilines is 1. The van der Waals surface area contributed by atoms with Crippen molar-refractivity contribution in [1.82, 2.24) is 5.32 Å². The highest BCUT2D eigenvalue weighted by Gasteiger charge is 2.42. The standard InChI is InChI=1S/C22H25N3O3S2/c1-14-4-3-5-16(10-14)8-9-23-21(26)17-7-6-15(2)18(11-17)24-22-25-19-12-30(27,28)13-20(19)29-22/h3-7,10-11,19-20H,8-9,12-13H2,1-2H3,(H,23,26)(H,24,25)/t19-,20+/m1/s1. The van der Waals surface area contributed by atoms with E-state index in [1.807, 2.05) is 31.2 Å². The largest absolute Gasteiger partial charge is 0.352 e. The van der Waals surface area contributed by atoms with Gasteiger partial charge < -0.3 is 10.6 Å². The van der Waals surface area contributed by atoms with E-state index in [-0.39, 0.29) is 28.7 Å². The molecular formula is C22H25N3O3S2. The molecule has 2 aliphatic heterocycles. The van der Waals surface area contributed by atoms with Gasteiger partial charge in [-0.15, -0.1) is 0 Å². The van der Waals surface area contributed by atoms with Gasteiger partial charge in [0.1, 0.15) is 0 Å². The zero-order valence-electron chi connectivity index (χ0n) is 17.0. The lowest BCUT2D eigenvalue weighted by atomic mass is 10.1. The van der Waals surface area contributed by atoms with E-state index in [0.29, 0.717) is 12.1 Å². The van der Waals surface area contributed by atoms with Crippen molar-refractivity contribution in [1.29, 1.82) is 0 Å². The number of hydrogen-bond donors (Lipinski definition) is 2. The number of benzene rings is 2. The number of aliphatic imine (C=N–C) groups is 1. The molecule has 1 fully saturated rings. The van der Waals surface area contributed by atoms with Crippen LogP contribution in [0.4, 0.5) is 5.69 Å². The molecule has 0 unspecified atom stereocenters. The monoisotopic (exact) mass is 443 g/mol. The Balaban J connectivity index is 1.38. The normalized spacial score (nSPS) is 21.7. The first kappa shape index (κ1) is 20.9. The maximum atomic E-state index is 12.6. The third kappa shape index (κ3) is 4.87. The second kappa shape index (κ2) is 8.43. The van der Waals surface area contributed by atoms with E-state index in [9.17, 15) is 13.2 Å². The van der Waals surface area contributed by atoms with Crippen LogP contribution in [-0.4, -0.2) is 48.8 Å². The fourth-order valence-corrected chi connectivity index (χ4v) is 7.39. The Morgan fingerprint density at radius 3 is 2.77 bits per heavy atom. The summed E-state index contributed by atoms with van der Waals surface area (Å²) in [6.45, 7) is 4.59. The van der Waals surface area contributed by atoms with Crippen LogP contribution in [0.1, 0.15) is 27.0 Å². The fourth-order valence-electron chi connectivity index (χ4n) is 3.72. The van der Waals surface area contributed by atoms with Crippen LogP contribution >= 0.6 is 11.8 Å². The Kier molecular flexibility index (Phi) is 5.88. The molecule has 2 N–H and O–H groups in total. The molecule has 2 aliphatic rings. The van der Waals surface area contributed by atoms with Crippen LogP contribution in [0.15, 0.2) is 47.5 Å². The van der Waals surface area contributed by atoms with Gasteiger partial charge >= 0.3 is 0 Å². The van der Waals surface area contributed by atoms with Crippen molar-refractivity contribution in [2.75, 3.05) is 23.4 Å². The van der Waals surface area contributed by atoms with Gasteiger partial charge in [0, 0.05) is 23.0 Å². The third-order valence-electron chi connectivity index (χ3n) is 5.34. The number of carbonyl (C=O) groups is 1. The van der Waals surface area contributed by atoms with Gasteiger partial charge in [0.25, 0.3) is 5.91 Å². The van der Waals surface area contributed by atoms with E-state index in [0.717, 1.165) is 22.8 Å². The van der Waals surface area contributed by atoms with E-state index < -0.39 is 9.84 Å². The van der Waals surface area contributed by atoms with Gasteiger partial charge in [-0.1, -0.05) is 47.7 Å². The topological polar surface area (TPSA) is 87.6 Å². The molecule has 8 heteroatoms. The van der Waals surface area contributed by atoms with Crippen molar-refractivity contribution in [2.45, 2.75) is 31.6 Å². The van der Waals surface area contributed by atoms with Gasteiger partial charge in [0.05, 0.1) is 17.5 Å². The van der Waals surface area contributed by atoms with Crippen LogP contribution in [-0.2, 0) is 16.3 Å². The van der Waals surface area contributed by atoms with Crippen LogP contribution < -0.4 is 10.6 Å². The molecule has 6 nitrogen and oxygen atoms in total. The number of rotatable bonds is 5. The molecule has 4 rings (SSSR count). The molecule has 0 aromatic heterocycles. The van der Waals surface area contributed by atoms with Gasteiger partial charge in [-0.2, -0.15) is 0 Å². The second-order valence-electron chi connectivity index (χ2n) is 7.88. The van der Waals surface area contributed by atoms with Gasteiger partial charge in [0.15, 0.2) is 15.0 Å². The highest BCUT2D eigenvalue weighted by Crippen LogP contribution is 2.35. The zero-order valence-corrected chi connectivity index (χ0v) is 18.6. The van der Waals surface area contributed by atoms with Gasteiger partial charge in [-0.3, -0.25) is 9.79 Å². The number of fused-ring (bicyclic) bond motifs is 1. The number of nitrogens with zero attached hydrogens (tertiary/aromatic N) is 1. The van der Waals surface area contributed by atoms with Crippen molar-refractivity contribution in [3.05, 3.63) is 64.7 Å². The summed E-state index contributed by atoms with van der Waals surface area (Å²) in [5.74, 6) is 0.187. The minimum atomic E-state index is -2.97. The molecule has 158 valence electrons. The lowest BCUT2D eigenvalue weighted by molar-refractivity contribution is 0.0954. The minimum absolute atomic E-state index is 0.00842. The number of amides is 1. The molecule has 0 bridgehead atoms. The predicted molar refractivity (Wildman–Crippen MR) is 123 cm³/mol. The molecule has 1 saturated heterocycles. The van der Waals surface area contributed by atoms with Crippen LogP contribution in [0.3, 0.4) is 0 Å². The van der Waals surface area contributed by atoms with E-state index in [2.05, 4.69) is 40.7 Å². The average Bonchev–Trinajstić information content (AvgIpc) is 3.16. The van der Waals surface area contributed by atoms with Crippen molar-refractivity contribution in [3.8, 4) is 0 Å². The number of sulfone groups is 1. The van der Waals surface area contributed by atoms with Crippen LogP contribution in [0, 0.1) is 13.8 Å². The Bertz CT molecular complexity index is 1110. The Hall–Kier alpha value is -2.32. The SMILES string of the molecule is Cc1cccc(CCNC(=O)c2ccc(C)c(NC3=N[C@@H]4CS(=O)(=O)C[C@@H]4S3)c2)c1.